The molecule has 0 spiro atoms. The minimum atomic E-state index is -0.332. The lowest BCUT2D eigenvalue weighted by Gasteiger charge is -2.09. The summed E-state index contributed by atoms with van der Waals surface area (Å²) in [6.45, 7) is 0.307. The van der Waals surface area contributed by atoms with Gasteiger partial charge in [0.25, 0.3) is 5.56 Å². The summed E-state index contributed by atoms with van der Waals surface area (Å²) in [5, 5.41) is 3.58. The van der Waals surface area contributed by atoms with Gasteiger partial charge in [0.1, 0.15) is 5.76 Å². The summed E-state index contributed by atoms with van der Waals surface area (Å²) >= 11 is 11.9. The van der Waals surface area contributed by atoms with Crippen LogP contribution >= 0.6 is 23.2 Å². The van der Waals surface area contributed by atoms with Crippen molar-refractivity contribution < 1.29 is 9.21 Å². The molecule has 1 aromatic carbocycles. The second kappa shape index (κ2) is 8.08. The number of nitrogens with one attached hydrogen (secondary N) is 1. The maximum absolute atomic E-state index is 12.1. The average Bonchev–Trinajstić information content (AvgIpc) is 3.13. The number of amides is 1. The van der Waals surface area contributed by atoms with E-state index < -0.39 is 0 Å². The standard InChI is InChI=1S/C19H14Cl2N2O3/c20-16-6-3-13(10-17(16)21)11-23-12-14(4-8-19(23)25)22-18(24)7-5-15-2-1-9-26-15/h1-10,12H,11H2,(H,22,24)/b7-5+. The molecule has 0 aliphatic carbocycles. The molecule has 5 nitrogen and oxygen atoms in total. The normalized spacial score (nSPS) is 11.0. The molecule has 0 aliphatic heterocycles. The van der Waals surface area contributed by atoms with Crippen molar-refractivity contribution in [3.05, 3.63) is 92.7 Å². The van der Waals surface area contributed by atoms with Gasteiger partial charge >= 0.3 is 0 Å². The van der Waals surface area contributed by atoms with Crippen LogP contribution in [0.5, 0.6) is 0 Å². The number of carbonyl (C=O) groups is 1. The third-order valence-corrected chi connectivity index (χ3v) is 4.27. The third-order valence-electron chi connectivity index (χ3n) is 3.53. The number of anilines is 1. The fourth-order valence-electron chi connectivity index (χ4n) is 2.29. The molecule has 0 atom stereocenters. The highest BCUT2D eigenvalue weighted by atomic mass is 35.5. The van der Waals surface area contributed by atoms with Crippen LogP contribution in [0.1, 0.15) is 11.3 Å². The van der Waals surface area contributed by atoms with Crippen LogP contribution in [0.4, 0.5) is 5.69 Å². The molecule has 1 N–H and O–H groups in total. The number of hydrogen-bond acceptors (Lipinski definition) is 3. The fourth-order valence-corrected chi connectivity index (χ4v) is 2.61. The molecule has 2 aromatic heterocycles. The zero-order valence-corrected chi connectivity index (χ0v) is 15.0. The van der Waals surface area contributed by atoms with Gasteiger partial charge in [-0.3, -0.25) is 9.59 Å². The van der Waals surface area contributed by atoms with Crippen LogP contribution in [0.15, 0.2) is 70.2 Å². The predicted octanol–water partition coefficient (Wildman–Crippen LogP) is 4.45. The van der Waals surface area contributed by atoms with Crippen molar-refractivity contribution in [1.29, 1.82) is 0 Å². The minimum Gasteiger partial charge on any atom is -0.465 e. The highest BCUT2D eigenvalue weighted by Crippen LogP contribution is 2.23. The molecular weight excluding hydrogens is 375 g/mol. The topological polar surface area (TPSA) is 64.2 Å². The first-order valence-electron chi connectivity index (χ1n) is 7.68. The van der Waals surface area contributed by atoms with Gasteiger partial charge in [0.15, 0.2) is 0 Å². The number of halogens is 2. The Morgan fingerprint density at radius 1 is 1.15 bits per heavy atom. The van der Waals surface area contributed by atoms with Gasteiger partial charge in [-0.1, -0.05) is 29.3 Å². The molecule has 0 radical (unpaired) electrons. The van der Waals surface area contributed by atoms with Gasteiger partial charge in [-0.15, -0.1) is 0 Å². The first-order valence-corrected chi connectivity index (χ1v) is 8.44. The minimum absolute atomic E-state index is 0.194. The molecule has 0 saturated heterocycles. The van der Waals surface area contributed by atoms with E-state index in [-0.39, 0.29) is 11.5 Å². The van der Waals surface area contributed by atoms with Gasteiger partial charge in [-0.25, -0.2) is 0 Å². The molecular formula is C19H14Cl2N2O3. The van der Waals surface area contributed by atoms with Crippen LogP contribution < -0.4 is 10.9 Å². The number of nitrogens with zero attached hydrogens (tertiary/aromatic N) is 1. The van der Waals surface area contributed by atoms with Crippen molar-refractivity contribution in [2.45, 2.75) is 6.54 Å². The van der Waals surface area contributed by atoms with Gasteiger partial charge in [-0.05, 0) is 42.0 Å². The summed E-state index contributed by atoms with van der Waals surface area (Å²) in [7, 11) is 0. The van der Waals surface area contributed by atoms with E-state index in [2.05, 4.69) is 5.32 Å². The van der Waals surface area contributed by atoms with Crippen molar-refractivity contribution in [3.8, 4) is 0 Å². The zero-order chi connectivity index (χ0) is 18.5. The van der Waals surface area contributed by atoms with Crippen LogP contribution in [-0.4, -0.2) is 10.5 Å². The Hall–Kier alpha value is -2.76. The monoisotopic (exact) mass is 388 g/mol. The van der Waals surface area contributed by atoms with Gasteiger partial charge in [0, 0.05) is 18.3 Å². The number of aromatic nitrogens is 1. The van der Waals surface area contributed by atoms with Gasteiger partial charge in [0.05, 0.1) is 28.5 Å². The second-order valence-corrected chi connectivity index (χ2v) is 6.28. The summed E-state index contributed by atoms with van der Waals surface area (Å²) in [6.07, 6.45) is 6.01. The van der Waals surface area contributed by atoms with Crippen LogP contribution in [-0.2, 0) is 11.3 Å². The Bertz CT molecular complexity index is 1010. The molecule has 0 saturated carbocycles. The van der Waals surface area contributed by atoms with Gasteiger partial charge in [-0.2, -0.15) is 0 Å². The van der Waals surface area contributed by atoms with Crippen LogP contribution in [0.2, 0.25) is 10.0 Å². The maximum atomic E-state index is 12.1. The highest BCUT2D eigenvalue weighted by Gasteiger charge is 2.05. The van der Waals surface area contributed by atoms with Gasteiger partial charge in [0.2, 0.25) is 5.91 Å². The van der Waals surface area contributed by atoms with Crippen molar-refractivity contribution in [2.75, 3.05) is 5.32 Å². The molecule has 1 amide bonds. The van der Waals surface area contributed by atoms with E-state index in [0.29, 0.717) is 28.0 Å². The molecule has 3 rings (SSSR count). The van der Waals surface area contributed by atoms with Gasteiger partial charge < -0.3 is 14.3 Å². The first-order chi connectivity index (χ1) is 12.5. The Labute approximate surface area is 159 Å². The van der Waals surface area contributed by atoms with Crippen molar-refractivity contribution in [2.24, 2.45) is 0 Å². The quantitative estimate of drug-likeness (QED) is 0.656. The van der Waals surface area contributed by atoms with E-state index in [1.807, 2.05) is 0 Å². The summed E-state index contributed by atoms with van der Waals surface area (Å²) in [4.78, 5) is 24.0. The van der Waals surface area contributed by atoms with Crippen LogP contribution in [0, 0.1) is 0 Å². The predicted molar refractivity (Wildman–Crippen MR) is 103 cm³/mol. The first kappa shape index (κ1) is 18.0. The average molecular weight is 389 g/mol. The molecule has 7 heteroatoms. The SMILES string of the molecule is O=C(/C=C/c1ccco1)Nc1ccc(=O)n(Cc2ccc(Cl)c(Cl)c2)c1. The van der Waals surface area contributed by atoms with E-state index in [9.17, 15) is 9.59 Å². The molecule has 0 unspecified atom stereocenters. The lowest BCUT2D eigenvalue weighted by Crippen LogP contribution is -2.20. The summed E-state index contributed by atoms with van der Waals surface area (Å²) < 4.78 is 6.60. The Balaban J connectivity index is 1.73. The number of benzene rings is 1. The maximum Gasteiger partial charge on any atom is 0.250 e. The largest absolute Gasteiger partial charge is 0.465 e. The van der Waals surface area contributed by atoms with E-state index in [4.69, 9.17) is 27.6 Å². The zero-order valence-electron chi connectivity index (χ0n) is 13.5. The molecule has 132 valence electrons. The van der Waals surface area contributed by atoms with Crippen molar-refractivity contribution in [1.82, 2.24) is 4.57 Å². The van der Waals surface area contributed by atoms with Crippen LogP contribution in [0.3, 0.4) is 0 Å². The van der Waals surface area contributed by atoms with Crippen molar-refractivity contribution >= 4 is 40.9 Å². The summed E-state index contributed by atoms with van der Waals surface area (Å²) in [5.41, 5.74) is 1.13. The number of rotatable bonds is 5. The Morgan fingerprint density at radius 3 is 2.73 bits per heavy atom. The van der Waals surface area contributed by atoms with E-state index in [1.165, 1.54) is 23.0 Å². The lowest BCUT2D eigenvalue weighted by molar-refractivity contribution is -0.111. The highest BCUT2D eigenvalue weighted by molar-refractivity contribution is 6.42. The number of hydrogen-bond donors (Lipinski definition) is 1. The number of pyridine rings is 1. The van der Waals surface area contributed by atoms with E-state index in [1.54, 1.807) is 48.7 Å². The molecule has 2 heterocycles. The summed E-state index contributed by atoms with van der Waals surface area (Å²) in [5.74, 6) is 0.242. The molecule has 3 aromatic rings. The summed E-state index contributed by atoms with van der Waals surface area (Å²) in [6, 6.07) is 11.6. The molecule has 0 bridgehead atoms. The van der Waals surface area contributed by atoms with Crippen molar-refractivity contribution in [3.63, 3.8) is 0 Å². The van der Waals surface area contributed by atoms with E-state index in [0.717, 1.165) is 5.56 Å². The molecule has 0 fully saturated rings. The molecule has 26 heavy (non-hydrogen) atoms. The Morgan fingerprint density at radius 2 is 2.00 bits per heavy atom. The second-order valence-electron chi connectivity index (χ2n) is 5.47. The smallest absolute Gasteiger partial charge is 0.250 e. The fraction of sp³-hybridized carbons (Fsp3) is 0.0526. The lowest BCUT2D eigenvalue weighted by atomic mass is 10.2. The third kappa shape index (κ3) is 4.65. The number of carbonyl (C=O) groups excluding carboxylic acids is 1. The molecule has 0 aliphatic rings. The van der Waals surface area contributed by atoms with E-state index >= 15 is 0 Å². The number of furan rings is 1. The van der Waals surface area contributed by atoms with Crippen LogP contribution in [0.25, 0.3) is 6.08 Å². The Kier molecular flexibility index (Phi) is 5.61.